The SMILES string of the molecule is Cc1nnc(N2CCOC(C(N)=NO)C2)nc1C. The van der Waals surface area contributed by atoms with Crippen LogP contribution >= 0.6 is 0 Å². The van der Waals surface area contributed by atoms with Crippen molar-refractivity contribution < 1.29 is 9.94 Å². The maximum Gasteiger partial charge on any atom is 0.245 e. The molecule has 8 nitrogen and oxygen atoms in total. The van der Waals surface area contributed by atoms with E-state index in [0.29, 0.717) is 25.6 Å². The quantitative estimate of drug-likeness (QED) is 0.314. The average molecular weight is 252 g/mol. The molecule has 2 heterocycles. The molecule has 1 atom stereocenters. The van der Waals surface area contributed by atoms with Crippen LogP contribution in [0.4, 0.5) is 5.95 Å². The molecule has 3 N–H and O–H groups in total. The maximum absolute atomic E-state index is 8.65. The van der Waals surface area contributed by atoms with Gasteiger partial charge in [0, 0.05) is 6.54 Å². The Morgan fingerprint density at radius 1 is 1.44 bits per heavy atom. The molecule has 0 aliphatic carbocycles. The van der Waals surface area contributed by atoms with Crippen molar-refractivity contribution >= 4 is 11.8 Å². The van der Waals surface area contributed by atoms with Crippen LogP contribution in [0.25, 0.3) is 0 Å². The van der Waals surface area contributed by atoms with Gasteiger partial charge in [0.2, 0.25) is 5.95 Å². The largest absolute Gasteiger partial charge is 0.409 e. The average Bonchev–Trinajstić information content (AvgIpc) is 2.41. The minimum absolute atomic E-state index is 0.0523. The molecule has 2 rings (SSSR count). The summed E-state index contributed by atoms with van der Waals surface area (Å²) in [5.41, 5.74) is 7.18. The number of rotatable bonds is 2. The Morgan fingerprint density at radius 3 is 2.89 bits per heavy atom. The van der Waals surface area contributed by atoms with Gasteiger partial charge >= 0.3 is 0 Å². The number of oxime groups is 1. The summed E-state index contributed by atoms with van der Waals surface area (Å²) in [4.78, 5) is 6.28. The number of hydrogen-bond acceptors (Lipinski definition) is 7. The van der Waals surface area contributed by atoms with Crippen molar-refractivity contribution in [2.24, 2.45) is 10.9 Å². The molecule has 0 radical (unpaired) electrons. The number of amidine groups is 1. The van der Waals surface area contributed by atoms with Crippen molar-refractivity contribution in [2.45, 2.75) is 20.0 Å². The predicted octanol–water partition coefficient (Wildman–Crippen LogP) is -0.560. The van der Waals surface area contributed by atoms with E-state index in [1.807, 2.05) is 18.7 Å². The van der Waals surface area contributed by atoms with Crippen molar-refractivity contribution in [2.75, 3.05) is 24.6 Å². The van der Waals surface area contributed by atoms with Gasteiger partial charge in [0.15, 0.2) is 5.84 Å². The summed E-state index contributed by atoms with van der Waals surface area (Å²) in [7, 11) is 0. The van der Waals surface area contributed by atoms with Crippen LogP contribution in [-0.4, -0.2) is 52.0 Å². The monoisotopic (exact) mass is 252 g/mol. The van der Waals surface area contributed by atoms with Crippen LogP contribution < -0.4 is 10.6 Å². The third-order valence-electron chi connectivity index (χ3n) is 2.88. The zero-order chi connectivity index (χ0) is 13.1. The highest BCUT2D eigenvalue weighted by atomic mass is 16.5. The van der Waals surface area contributed by atoms with Crippen LogP contribution in [0, 0.1) is 13.8 Å². The Labute approximate surface area is 104 Å². The molecule has 0 spiro atoms. The highest BCUT2D eigenvalue weighted by Gasteiger charge is 2.25. The fourth-order valence-corrected chi connectivity index (χ4v) is 1.65. The highest BCUT2D eigenvalue weighted by Crippen LogP contribution is 2.13. The third-order valence-corrected chi connectivity index (χ3v) is 2.88. The highest BCUT2D eigenvalue weighted by molar-refractivity contribution is 5.85. The van der Waals surface area contributed by atoms with Gasteiger partial charge in [-0.2, -0.15) is 5.10 Å². The lowest BCUT2D eigenvalue weighted by molar-refractivity contribution is 0.0799. The molecule has 0 amide bonds. The van der Waals surface area contributed by atoms with Gasteiger partial charge < -0.3 is 20.6 Å². The Balaban J connectivity index is 2.15. The topological polar surface area (TPSA) is 110 Å². The third kappa shape index (κ3) is 2.48. The van der Waals surface area contributed by atoms with E-state index in [0.717, 1.165) is 11.4 Å². The van der Waals surface area contributed by atoms with E-state index in [9.17, 15) is 0 Å². The lowest BCUT2D eigenvalue weighted by Gasteiger charge is -2.31. The standard InChI is InChI=1S/C10H16N6O2/c1-6-7(2)13-14-10(12-6)16-3-4-18-8(5-16)9(11)15-17/h8,17H,3-5H2,1-2H3,(H2,11,15). The van der Waals surface area contributed by atoms with Gasteiger partial charge in [-0.05, 0) is 13.8 Å². The molecule has 1 saturated heterocycles. The number of nitrogens with two attached hydrogens (primary N) is 1. The van der Waals surface area contributed by atoms with Crippen LogP contribution in [0.1, 0.15) is 11.4 Å². The minimum Gasteiger partial charge on any atom is -0.409 e. The molecule has 1 aromatic heterocycles. The van der Waals surface area contributed by atoms with Crippen LogP contribution in [0.5, 0.6) is 0 Å². The zero-order valence-electron chi connectivity index (χ0n) is 10.4. The molecule has 18 heavy (non-hydrogen) atoms. The van der Waals surface area contributed by atoms with Gasteiger partial charge in [-0.3, -0.25) is 0 Å². The first-order valence-electron chi connectivity index (χ1n) is 5.63. The molecule has 1 aliphatic rings. The molecular weight excluding hydrogens is 236 g/mol. The van der Waals surface area contributed by atoms with Crippen molar-refractivity contribution in [3.63, 3.8) is 0 Å². The summed E-state index contributed by atoms with van der Waals surface area (Å²) in [5, 5.41) is 19.7. The number of nitrogens with zero attached hydrogens (tertiary/aromatic N) is 5. The minimum atomic E-state index is -0.450. The molecule has 1 aliphatic heterocycles. The van der Waals surface area contributed by atoms with Gasteiger partial charge in [0.05, 0.1) is 24.5 Å². The van der Waals surface area contributed by atoms with E-state index in [-0.39, 0.29) is 5.84 Å². The smallest absolute Gasteiger partial charge is 0.245 e. The molecule has 1 aromatic rings. The first-order valence-corrected chi connectivity index (χ1v) is 5.63. The van der Waals surface area contributed by atoms with E-state index in [2.05, 4.69) is 20.3 Å². The van der Waals surface area contributed by atoms with Gasteiger partial charge in [-0.15, -0.1) is 5.10 Å². The first kappa shape index (κ1) is 12.5. The van der Waals surface area contributed by atoms with Gasteiger partial charge in [0.1, 0.15) is 6.10 Å². The van der Waals surface area contributed by atoms with Gasteiger partial charge in [-0.1, -0.05) is 5.16 Å². The van der Waals surface area contributed by atoms with E-state index in [4.69, 9.17) is 15.7 Å². The van der Waals surface area contributed by atoms with Gasteiger partial charge in [0.25, 0.3) is 0 Å². The summed E-state index contributed by atoms with van der Waals surface area (Å²) in [6.07, 6.45) is -0.450. The number of hydrogen-bond donors (Lipinski definition) is 2. The summed E-state index contributed by atoms with van der Waals surface area (Å²) >= 11 is 0. The van der Waals surface area contributed by atoms with E-state index in [1.165, 1.54) is 0 Å². The van der Waals surface area contributed by atoms with Crippen LogP contribution in [-0.2, 0) is 4.74 Å². The molecule has 1 unspecified atom stereocenters. The summed E-state index contributed by atoms with van der Waals surface area (Å²) < 4.78 is 5.40. The molecule has 0 aromatic carbocycles. The van der Waals surface area contributed by atoms with E-state index >= 15 is 0 Å². The predicted molar refractivity (Wildman–Crippen MR) is 64.7 cm³/mol. The van der Waals surface area contributed by atoms with E-state index < -0.39 is 6.10 Å². The molecule has 0 saturated carbocycles. The summed E-state index contributed by atoms with van der Waals surface area (Å²) in [6, 6.07) is 0. The van der Waals surface area contributed by atoms with Crippen molar-refractivity contribution in [1.82, 2.24) is 15.2 Å². The van der Waals surface area contributed by atoms with Crippen molar-refractivity contribution in [3.8, 4) is 0 Å². The van der Waals surface area contributed by atoms with Crippen LogP contribution in [0.15, 0.2) is 5.16 Å². The van der Waals surface area contributed by atoms with Crippen molar-refractivity contribution in [3.05, 3.63) is 11.4 Å². The molecular formula is C10H16N6O2. The Kier molecular flexibility index (Phi) is 3.56. The number of ether oxygens (including phenoxy) is 1. The number of morpholine rings is 1. The van der Waals surface area contributed by atoms with Crippen molar-refractivity contribution in [1.29, 1.82) is 0 Å². The van der Waals surface area contributed by atoms with E-state index in [1.54, 1.807) is 0 Å². The first-order chi connectivity index (χ1) is 8.61. The number of aromatic nitrogens is 3. The summed E-state index contributed by atoms with van der Waals surface area (Å²) in [6.45, 7) is 5.31. The molecule has 98 valence electrons. The Morgan fingerprint density at radius 2 is 2.22 bits per heavy atom. The molecule has 8 heteroatoms. The fourth-order valence-electron chi connectivity index (χ4n) is 1.65. The lowest BCUT2D eigenvalue weighted by Crippen LogP contribution is -2.49. The second-order valence-electron chi connectivity index (χ2n) is 4.11. The zero-order valence-corrected chi connectivity index (χ0v) is 10.4. The maximum atomic E-state index is 8.65. The number of anilines is 1. The van der Waals surface area contributed by atoms with Crippen LogP contribution in [0.2, 0.25) is 0 Å². The molecule has 1 fully saturated rings. The van der Waals surface area contributed by atoms with Gasteiger partial charge in [-0.25, -0.2) is 4.98 Å². The second kappa shape index (κ2) is 5.13. The summed E-state index contributed by atoms with van der Waals surface area (Å²) in [5.74, 6) is 0.591. The van der Waals surface area contributed by atoms with Crippen LogP contribution in [0.3, 0.4) is 0 Å². The number of aryl methyl sites for hydroxylation is 2. The lowest BCUT2D eigenvalue weighted by atomic mass is 10.2. The Bertz CT molecular complexity index is 464. The second-order valence-corrected chi connectivity index (χ2v) is 4.11. The molecule has 0 bridgehead atoms. The normalized spacial score (nSPS) is 21.1. The fraction of sp³-hybridized carbons (Fsp3) is 0.600. The Hall–Kier alpha value is -1.96.